The molecule has 160 valence electrons. The highest BCUT2D eigenvalue weighted by atomic mass is 32.2. The first-order valence-corrected chi connectivity index (χ1v) is 10.6. The zero-order valence-corrected chi connectivity index (χ0v) is 17.0. The largest absolute Gasteiger partial charge is 0.573 e. The van der Waals surface area contributed by atoms with Gasteiger partial charge in [0.25, 0.3) is 10.0 Å². The summed E-state index contributed by atoms with van der Waals surface area (Å²) in [5, 5.41) is 0.864. The molecule has 5 nitrogen and oxygen atoms in total. The summed E-state index contributed by atoms with van der Waals surface area (Å²) >= 11 is 0. The average molecular weight is 446 g/mol. The summed E-state index contributed by atoms with van der Waals surface area (Å²) in [6.45, 7) is 0. The first-order chi connectivity index (χ1) is 14.6. The highest BCUT2D eigenvalue weighted by Crippen LogP contribution is 2.33. The number of fused-ring (bicyclic) bond motifs is 1. The molecule has 1 aromatic heterocycles. The number of aromatic nitrogens is 1. The molecule has 0 amide bonds. The third kappa shape index (κ3) is 4.51. The average Bonchev–Trinajstić information content (AvgIpc) is 3.03. The van der Waals surface area contributed by atoms with Gasteiger partial charge in [-0.3, -0.25) is 4.72 Å². The summed E-state index contributed by atoms with van der Waals surface area (Å²) in [5.74, 6) is -0.496. The Morgan fingerprint density at radius 2 is 1.61 bits per heavy atom. The number of rotatable bonds is 5. The zero-order valence-electron chi connectivity index (χ0n) is 16.2. The van der Waals surface area contributed by atoms with E-state index >= 15 is 0 Å². The molecule has 4 aromatic rings. The number of sulfonamides is 1. The summed E-state index contributed by atoms with van der Waals surface area (Å²) in [6.07, 6.45) is -2.88. The van der Waals surface area contributed by atoms with Crippen LogP contribution in [0.15, 0.2) is 83.9 Å². The third-order valence-electron chi connectivity index (χ3n) is 4.69. The van der Waals surface area contributed by atoms with Gasteiger partial charge in [0.05, 0.1) is 4.90 Å². The van der Waals surface area contributed by atoms with Gasteiger partial charge < -0.3 is 9.30 Å². The van der Waals surface area contributed by atoms with Crippen LogP contribution in [0.4, 0.5) is 18.9 Å². The number of nitrogens with zero attached hydrogens (tertiary/aromatic N) is 1. The van der Waals surface area contributed by atoms with E-state index in [9.17, 15) is 21.6 Å². The van der Waals surface area contributed by atoms with Crippen LogP contribution in [0.1, 0.15) is 0 Å². The maximum atomic E-state index is 12.7. The molecule has 31 heavy (non-hydrogen) atoms. The second-order valence-corrected chi connectivity index (χ2v) is 8.56. The summed E-state index contributed by atoms with van der Waals surface area (Å²) in [5.41, 5.74) is 3.21. The van der Waals surface area contributed by atoms with Gasteiger partial charge in [0.1, 0.15) is 5.75 Å². The monoisotopic (exact) mass is 446 g/mol. The van der Waals surface area contributed by atoms with Gasteiger partial charge in [-0.1, -0.05) is 30.3 Å². The quantitative estimate of drug-likeness (QED) is 0.438. The van der Waals surface area contributed by atoms with Crippen molar-refractivity contribution in [1.29, 1.82) is 0 Å². The van der Waals surface area contributed by atoms with Crippen molar-refractivity contribution in [1.82, 2.24) is 4.57 Å². The topological polar surface area (TPSA) is 60.3 Å². The van der Waals surface area contributed by atoms with Crippen molar-refractivity contribution in [2.24, 2.45) is 7.05 Å². The molecule has 0 radical (unpaired) electrons. The fourth-order valence-electron chi connectivity index (χ4n) is 3.34. The molecule has 0 spiro atoms. The Kier molecular flexibility index (Phi) is 5.14. The van der Waals surface area contributed by atoms with Gasteiger partial charge in [0.2, 0.25) is 0 Å². The van der Waals surface area contributed by atoms with Crippen LogP contribution in [-0.2, 0) is 17.1 Å². The van der Waals surface area contributed by atoms with Crippen molar-refractivity contribution >= 4 is 26.6 Å². The number of hydrogen-bond donors (Lipinski definition) is 1. The number of nitrogens with one attached hydrogen (secondary N) is 1. The van der Waals surface area contributed by atoms with E-state index in [1.54, 1.807) is 18.2 Å². The Balaban J connectivity index is 1.65. The van der Waals surface area contributed by atoms with Gasteiger partial charge in [0.15, 0.2) is 0 Å². The van der Waals surface area contributed by atoms with Gasteiger partial charge in [-0.15, -0.1) is 13.2 Å². The molecule has 1 N–H and O–H groups in total. The van der Waals surface area contributed by atoms with Crippen LogP contribution in [0, 0.1) is 0 Å². The van der Waals surface area contributed by atoms with Gasteiger partial charge in [-0.25, -0.2) is 8.42 Å². The maximum absolute atomic E-state index is 12.7. The van der Waals surface area contributed by atoms with E-state index in [-0.39, 0.29) is 4.90 Å². The van der Waals surface area contributed by atoms with Crippen molar-refractivity contribution in [3.05, 3.63) is 79.0 Å². The lowest BCUT2D eigenvalue weighted by molar-refractivity contribution is -0.274. The summed E-state index contributed by atoms with van der Waals surface area (Å²) < 4.78 is 70.5. The molecule has 3 aromatic carbocycles. The number of hydrogen-bond acceptors (Lipinski definition) is 3. The Morgan fingerprint density at radius 1 is 0.935 bits per heavy atom. The lowest BCUT2D eigenvalue weighted by Gasteiger charge is -2.11. The van der Waals surface area contributed by atoms with E-state index in [1.807, 2.05) is 48.1 Å². The molecule has 0 saturated heterocycles. The van der Waals surface area contributed by atoms with Crippen LogP contribution in [0.5, 0.6) is 5.75 Å². The number of ether oxygens (including phenoxy) is 1. The Hall–Kier alpha value is -3.46. The van der Waals surface area contributed by atoms with Crippen molar-refractivity contribution in [2.75, 3.05) is 4.72 Å². The predicted octanol–water partition coefficient (Wildman–Crippen LogP) is 5.54. The maximum Gasteiger partial charge on any atom is 0.573 e. The van der Waals surface area contributed by atoms with Crippen LogP contribution in [0.2, 0.25) is 0 Å². The molecule has 0 atom stereocenters. The standard InChI is InChI=1S/C22H17F3N2O3S/c1-27-14-20(15-5-3-2-4-6-15)19-13-16(7-12-21(19)27)26-31(28,29)18-10-8-17(9-11-18)30-22(23,24)25/h2-14,26H,1H3. The van der Waals surface area contributed by atoms with E-state index in [4.69, 9.17) is 0 Å². The van der Waals surface area contributed by atoms with Crippen molar-refractivity contribution in [3.8, 4) is 16.9 Å². The Bertz CT molecular complexity index is 1330. The fourth-order valence-corrected chi connectivity index (χ4v) is 4.39. The lowest BCUT2D eigenvalue weighted by Crippen LogP contribution is -2.17. The van der Waals surface area contributed by atoms with E-state index in [0.717, 1.165) is 46.3 Å². The molecule has 4 rings (SSSR count). The van der Waals surface area contributed by atoms with Crippen LogP contribution >= 0.6 is 0 Å². The SMILES string of the molecule is Cn1cc(-c2ccccc2)c2cc(NS(=O)(=O)c3ccc(OC(F)(F)F)cc3)ccc21. The van der Waals surface area contributed by atoms with Crippen LogP contribution in [0.25, 0.3) is 22.0 Å². The van der Waals surface area contributed by atoms with Gasteiger partial charge in [-0.05, 0) is 48.0 Å². The minimum Gasteiger partial charge on any atom is -0.406 e. The molecule has 1 heterocycles. The predicted molar refractivity (Wildman–Crippen MR) is 112 cm³/mol. The second-order valence-electron chi connectivity index (χ2n) is 6.88. The Morgan fingerprint density at radius 3 is 2.26 bits per heavy atom. The lowest BCUT2D eigenvalue weighted by atomic mass is 10.0. The minimum atomic E-state index is -4.85. The molecular formula is C22H17F3N2O3S. The van der Waals surface area contributed by atoms with E-state index in [1.165, 1.54) is 0 Å². The molecular weight excluding hydrogens is 429 g/mol. The molecule has 0 unspecified atom stereocenters. The number of benzene rings is 3. The highest BCUT2D eigenvalue weighted by Gasteiger charge is 2.31. The van der Waals surface area contributed by atoms with Crippen LogP contribution in [0.3, 0.4) is 0 Å². The number of halogens is 3. The van der Waals surface area contributed by atoms with E-state index in [0.29, 0.717) is 5.69 Å². The van der Waals surface area contributed by atoms with Gasteiger partial charge >= 0.3 is 6.36 Å². The molecule has 0 saturated carbocycles. The van der Waals surface area contributed by atoms with Crippen molar-refractivity contribution < 1.29 is 26.3 Å². The first kappa shape index (κ1) is 20.8. The van der Waals surface area contributed by atoms with Crippen molar-refractivity contribution in [2.45, 2.75) is 11.3 Å². The molecule has 9 heteroatoms. The summed E-state index contributed by atoms with van der Waals surface area (Å²) in [7, 11) is -2.10. The normalized spacial score (nSPS) is 12.1. The van der Waals surface area contributed by atoms with Crippen molar-refractivity contribution in [3.63, 3.8) is 0 Å². The minimum absolute atomic E-state index is 0.182. The number of aryl methyl sites for hydroxylation is 1. The number of alkyl halides is 3. The first-order valence-electron chi connectivity index (χ1n) is 9.15. The zero-order chi connectivity index (χ0) is 22.2. The summed E-state index contributed by atoms with van der Waals surface area (Å²) in [4.78, 5) is -0.182. The highest BCUT2D eigenvalue weighted by molar-refractivity contribution is 7.92. The summed E-state index contributed by atoms with van der Waals surface area (Å²) in [6, 6.07) is 18.9. The Labute approximate surface area is 176 Å². The van der Waals surface area contributed by atoms with E-state index in [2.05, 4.69) is 9.46 Å². The molecule has 0 bridgehead atoms. The molecule has 0 fully saturated rings. The molecule has 0 aliphatic rings. The van der Waals surface area contributed by atoms with Gasteiger partial charge in [0, 0.05) is 35.4 Å². The fraction of sp³-hybridized carbons (Fsp3) is 0.0909. The smallest absolute Gasteiger partial charge is 0.406 e. The van der Waals surface area contributed by atoms with Crippen LogP contribution in [-0.4, -0.2) is 19.3 Å². The second kappa shape index (κ2) is 7.66. The molecule has 0 aliphatic heterocycles. The van der Waals surface area contributed by atoms with E-state index < -0.39 is 22.1 Å². The number of anilines is 1. The third-order valence-corrected chi connectivity index (χ3v) is 6.09. The molecule has 0 aliphatic carbocycles. The van der Waals surface area contributed by atoms with Gasteiger partial charge in [-0.2, -0.15) is 0 Å². The van der Waals surface area contributed by atoms with Crippen LogP contribution < -0.4 is 9.46 Å².